The molecule has 0 aliphatic rings. The second-order valence-electron chi connectivity index (χ2n) is 8.11. The Labute approximate surface area is 210 Å². The zero-order valence-electron chi connectivity index (χ0n) is 19.4. The van der Waals surface area contributed by atoms with E-state index in [0.29, 0.717) is 27.5 Å². The minimum Gasteiger partial charge on any atom is -0.496 e. The van der Waals surface area contributed by atoms with Crippen LogP contribution in [0.2, 0.25) is 0 Å². The van der Waals surface area contributed by atoms with Crippen molar-refractivity contribution in [2.45, 2.75) is 11.7 Å². The predicted molar refractivity (Wildman–Crippen MR) is 139 cm³/mol. The lowest BCUT2D eigenvalue weighted by Crippen LogP contribution is -2.24. The Bertz CT molecular complexity index is 1590. The summed E-state index contributed by atoms with van der Waals surface area (Å²) in [7, 11) is 1.58. The van der Waals surface area contributed by atoms with Crippen molar-refractivity contribution in [3.05, 3.63) is 112 Å². The highest BCUT2D eigenvalue weighted by molar-refractivity contribution is 7.99. The fourth-order valence-corrected chi connectivity index (χ4v) is 4.90. The first-order valence-electron chi connectivity index (χ1n) is 11.3. The number of ether oxygens (including phenoxy) is 1. The fourth-order valence-electron chi connectivity index (χ4n) is 4.01. The van der Waals surface area contributed by atoms with Crippen molar-refractivity contribution in [2.75, 3.05) is 12.9 Å². The van der Waals surface area contributed by atoms with Gasteiger partial charge in [0.1, 0.15) is 22.6 Å². The number of thioether (sulfide) groups is 1. The minimum atomic E-state index is -0.405. The van der Waals surface area contributed by atoms with E-state index in [4.69, 9.17) is 9.72 Å². The number of rotatable bonds is 8. The second-order valence-corrected chi connectivity index (χ2v) is 9.05. The largest absolute Gasteiger partial charge is 0.496 e. The maximum Gasteiger partial charge on any atom is 0.278 e. The fraction of sp³-hybridized carbons (Fsp3) is 0.107. The summed E-state index contributed by atoms with van der Waals surface area (Å²) in [5.74, 6) is 0.105. The number of Topliss-reactive ketones (excluding diaryl/α,β-unsaturated/α-hetero) is 1. The summed E-state index contributed by atoms with van der Waals surface area (Å²) in [6, 6.07) is 22.6. The number of H-pyrrole nitrogens is 1. The lowest BCUT2D eigenvalue weighted by Gasteiger charge is -2.14. The number of nitrogens with zero attached hydrogens (tertiary/aromatic N) is 2. The van der Waals surface area contributed by atoms with Crippen LogP contribution < -0.4 is 10.3 Å². The molecule has 0 atom stereocenters. The summed E-state index contributed by atoms with van der Waals surface area (Å²) in [6.07, 6.45) is 1.78. The first-order valence-corrected chi connectivity index (χ1v) is 12.2. The van der Waals surface area contributed by atoms with Crippen LogP contribution in [0.1, 0.15) is 15.9 Å². The Morgan fingerprint density at radius 2 is 1.75 bits per heavy atom. The van der Waals surface area contributed by atoms with Crippen molar-refractivity contribution < 1.29 is 13.9 Å². The molecule has 0 unspecified atom stereocenters. The van der Waals surface area contributed by atoms with E-state index in [1.54, 1.807) is 17.9 Å². The number of para-hydroxylation sites is 1. The van der Waals surface area contributed by atoms with E-state index in [1.165, 1.54) is 36.0 Å². The lowest BCUT2D eigenvalue weighted by molar-refractivity contribution is 0.102. The summed E-state index contributed by atoms with van der Waals surface area (Å²) in [5.41, 5.74) is 3.62. The van der Waals surface area contributed by atoms with Gasteiger partial charge < -0.3 is 9.72 Å². The number of nitrogens with one attached hydrogen (secondary N) is 1. The average molecular weight is 500 g/mol. The minimum absolute atomic E-state index is 0.0423. The molecule has 0 fully saturated rings. The third-order valence-electron chi connectivity index (χ3n) is 5.85. The molecular weight excluding hydrogens is 477 g/mol. The number of aromatic amines is 1. The summed E-state index contributed by atoms with van der Waals surface area (Å²) >= 11 is 1.18. The third-order valence-corrected chi connectivity index (χ3v) is 6.83. The molecule has 5 rings (SSSR count). The summed E-state index contributed by atoms with van der Waals surface area (Å²) < 4.78 is 20.3. The molecule has 8 heteroatoms. The van der Waals surface area contributed by atoms with Crippen LogP contribution in [0.3, 0.4) is 0 Å². The molecular formula is C28H22FN3O3S. The molecule has 0 aliphatic carbocycles. The zero-order chi connectivity index (χ0) is 25.1. The van der Waals surface area contributed by atoms with E-state index < -0.39 is 5.82 Å². The summed E-state index contributed by atoms with van der Waals surface area (Å²) in [5, 5.41) is 0.408. The normalized spacial score (nSPS) is 11.1. The van der Waals surface area contributed by atoms with Crippen molar-refractivity contribution in [2.24, 2.45) is 0 Å². The van der Waals surface area contributed by atoms with Crippen LogP contribution in [-0.4, -0.2) is 33.2 Å². The Hall–Kier alpha value is -4.17. The number of fused-ring (bicyclic) bond motifs is 1. The van der Waals surface area contributed by atoms with Crippen molar-refractivity contribution in [1.29, 1.82) is 0 Å². The van der Waals surface area contributed by atoms with Gasteiger partial charge in [0, 0.05) is 22.9 Å². The highest BCUT2D eigenvalue weighted by Crippen LogP contribution is 2.29. The Kier molecular flexibility index (Phi) is 6.69. The van der Waals surface area contributed by atoms with Gasteiger partial charge in [-0.25, -0.2) is 9.37 Å². The maximum atomic E-state index is 13.7. The molecule has 0 saturated carbocycles. The van der Waals surface area contributed by atoms with Gasteiger partial charge >= 0.3 is 0 Å². The molecule has 0 amide bonds. The number of methoxy groups -OCH3 is 1. The molecule has 1 N–H and O–H groups in total. The topological polar surface area (TPSA) is 77.0 Å². The van der Waals surface area contributed by atoms with Crippen molar-refractivity contribution >= 4 is 28.6 Å². The predicted octanol–water partition coefficient (Wildman–Crippen LogP) is 5.56. The number of benzene rings is 3. The molecule has 0 spiro atoms. The van der Waals surface area contributed by atoms with Crippen molar-refractivity contribution in [3.8, 4) is 16.9 Å². The molecule has 2 aromatic heterocycles. The SMILES string of the molecule is COc1ccccc1Cn1c(SCC(=O)c2ccc(F)cc2)nc2c(-c3ccccc3)c[nH]c2c1=O. The Balaban J connectivity index is 1.58. The molecule has 36 heavy (non-hydrogen) atoms. The smallest absolute Gasteiger partial charge is 0.278 e. The lowest BCUT2D eigenvalue weighted by atomic mass is 10.1. The van der Waals surface area contributed by atoms with E-state index >= 15 is 0 Å². The first-order chi connectivity index (χ1) is 17.5. The van der Waals surface area contributed by atoms with Gasteiger partial charge in [0.2, 0.25) is 0 Å². The molecule has 0 saturated heterocycles. The van der Waals surface area contributed by atoms with E-state index in [1.807, 2.05) is 54.6 Å². The van der Waals surface area contributed by atoms with Gasteiger partial charge in [0.05, 0.1) is 19.4 Å². The number of hydrogen-bond acceptors (Lipinski definition) is 5. The van der Waals surface area contributed by atoms with Gasteiger partial charge in [-0.2, -0.15) is 0 Å². The van der Waals surface area contributed by atoms with Gasteiger partial charge in [0.15, 0.2) is 10.9 Å². The molecule has 0 aliphatic heterocycles. The highest BCUT2D eigenvalue weighted by atomic mass is 32.2. The molecule has 180 valence electrons. The highest BCUT2D eigenvalue weighted by Gasteiger charge is 2.19. The number of carbonyl (C=O) groups excluding carboxylic acids is 1. The monoisotopic (exact) mass is 499 g/mol. The van der Waals surface area contributed by atoms with Crippen molar-refractivity contribution in [3.63, 3.8) is 0 Å². The molecule has 3 aromatic carbocycles. The number of carbonyl (C=O) groups is 1. The Morgan fingerprint density at radius 3 is 2.50 bits per heavy atom. The molecule has 2 heterocycles. The second kappa shape index (κ2) is 10.2. The van der Waals surface area contributed by atoms with Crippen LogP contribution in [0.25, 0.3) is 22.2 Å². The van der Waals surface area contributed by atoms with Gasteiger partial charge in [0.25, 0.3) is 5.56 Å². The van der Waals surface area contributed by atoms with E-state index in [-0.39, 0.29) is 23.6 Å². The molecule has 0 radical (unpaired) electrons. The van der Waals surface area contributed by atoms with Crippen LogP contribution in [0, 0.1) is 5.82 Å². The number of ketones is 1. The van der Waals surface area contributed by atoms with Gasteiger partial charge in [-0.3, -0.25) is 14.2 Å². The van der Waals surface area contributed by atoms with Crippen LogP contribution in [-0.2, 0) is 6.54 Å². The van der Waals surface area contributed by atoms with Gasteiger partial charge in [-0.1, -0.05) is 60.3 Å². The van der Waals surface area contributed by atoms with E-state index in [0.717, 1.165) is 16.7 Å². The summed E-state index contributed by atoms with van der Waals surface area (Å²) in [6.45, 7) is 0.221. The molecule has 6 nitrogen and oxygen atoms in total. The van der Waals surface area contributed by atoms with E-state index in [2.05, 4.69) is 4.98 Å². The van der Waals surface area contributed by atoms with Crippen LogP contribution in [0.4, 0.5) is 4.39 Å². The maximum absolute atomic E-state index is 13.7. The van der Waals surface area contributed by atoms with Crippen LogP contribution >= 0.6 is 11.8 Å². The van der Waals surface area contributed by atoms with Crippen molar-refractivity contribution in [1.82, 2.24) is 14.5 Å². The molecule has 5 aromatic rings. The summed E-state index contributed by atoms with van der Waals surface area (Å²) in [4.78, 5) is 34.4. The Morgan fingerprint density at radius 1 is 1.03 bits per heavy atom. The standard InChI is InChI=1S/C28H22FN3O3S/c1-35-24-10-6-5-9-20(24)16-32-27(34)26-25(22(15-30-26)18-7-3-2-4-8-18)31-28(32)36-17-23(33)19-11-13-21(29)14-12-19/h2-15,30H,16-17H2,1H3. The average Bonchev–Trinajstić information content (AvgIpc) is 3.34. The zero-order valence-corrected chi connectivity index (χ0v) is 20.2. The first kappa shape index (κ1) is 23.6. The third kappa shape index (κ3) is 4.67. The van der Waals surface area contributed by atoms with Gasteiger partial charge in [-0.05, 0) is 35.9 Å². The molecule has 0 bridgehead atoms. The van der Waals surface area contributed by atoms with E-state index in [9.17, 15) is 14.0 Å². The number of hydrogen-bond donors (Lipinski definition) is 1. The number of aromatic nitrogens is 3. The van der Waals surface area contributed by atoms with Crippen LogP contribution in [0.5, 0.6) is 5.75 Å². The quantitative estimate of drug-likeness (QED) is 0.172. The number of halogens is 1. The van der Waals surface area contributed by atoms with Crippen LogP contribution in [0.15, 0.2) is 95.0 Å². The van der Waals surface area contributed by atoms with Gasteiger partial charge in [-0.15, -0.1) is 0 Å².